The van der Waals surface area contributed by atoms with Crippen molar-refractivity contribution in [2.24, 2.45) is 0 Å². The van der Waals surface area contributed by atoms with Gasteiger partial charge in [-0.2, -0.15) is 0 Å². The fourth-order valence-corrected chi connectivity index (χ4v) is 3.09. The van der Waals surface area contributed by atoms with E-state index in [0.29, 0.717) is 24.5 Å². The summed E-state index contributed by atoms with van der Waals surface area (Å²) in [5, 5.41) is 3.20. The molecule has 1 N–H and O–H groups in total. The Morgan fingerprint density at radius 3 is 2.71 bits per heavy atom. The van der Waals surface area contributed by atoms with Gasteiger partial charge in [0.2, 0.25) is 5.91 Å². The highest BCUT2D eigenvalue weighted by Crippen LogP contribution is 2.26. The van der Waals surface area contributed by atoms with Crippen LogP contribution in [0.4, 0.5) is 0 Å². The second-order valence-corrected chi connectivity index (χ2v) is 5.45. The van der Waals surface area contributed by atoms with Crippen LogP contribution < -0.4 is 5.32 Å². The van der Waals surface area contributed by atoms with E-state index in [1.54, 1.807) is 0 Å². The summed E-state index contributed by atoms with van der Waals surface area (Å²) in [7, 11) is 4.06. The van der Waals surface area contributed by atoms with E-state index < -0.39 is 0 Å². The van der Waals surface area contributed by atoms with Crippen LogP contribution in [0, 0.1) is 0 Å². The van der Waals surface area contributed by atoms with Gasteiger partial charge >= 0.3 is 0 Å². The first kappa shape index (κ1) is 12.8. The second kappa shape index (κ2) is 5.83. The highest BCUT2D eigenvalue weighted by Gasteiger charge is 2.34. The van der Waals surface area contributed by atoms with E-state index in [-0.39, 0.29) is 0 Å². The Balaban J connectivity index is 1.94. The lowest BCUT2D eigenvalue weighted by Gasteiger charge is -2.42. The van der Waals surface area contributed by atoms with Gasteiger partial charge in [0, 0.05) is 18.6 Å². The first-order valence-corrected chi connectivity index (χ1v) is 6.86. The number of carbonyl (C=O) groups excluding carboxylic acids is 1. The van der Waals surface area contributed by atoms with Crippen molar-refractivity contribution in [2.45, 2.75) is 44.2 Å². The van der Waals surface area contributed by atoms with Crippen LogP contribution in [0.25, 0.3) is 0 Å². The van der Waals surface area contributed by atoms with Crippen molar-refractivity contribution in [1.82, 2.24) is 15.1 Å². The van der Waals surface area contributed by atoms with Gasteiger partial charge in [-0.15, -0.1) is 0 Å². The van der Waals surface area contributed by atoms with Crippen LogP contribution in [-0.2, 0) is 4.79 Å². The molecule has 1 amide bonds. The van der Waals surface area contributed by atoms with E-state index in [9.17, 15) is 4.79 Å². The lowest BCUT2D eigenvalue weighted by molar-refractivity contribution is -0.140. The minimum atomic E-state index is 0.333. The maximum atomic E-state index is 12.1. The van der Waals surface area contributed by atoms with Crippen molar-refractivity contribution in [3.63, 3.8) is 0 Å². The predicted molar refractivity (Wildman–Crippen MR) is 68.9 cm³/mol. The van der Waals surface area contributed by atoms with E-state index >= 15 is 0 Å². The van der Waals surface area contributed by atoms with Gasteiger partial charge in [0.05, 0.1) is 6.54 Å². The number of nitrogens with one attached hydrogen (secondary N) is 1. The average molecular weight is 239 g/mol. The summed E-state index contributed by atoms with van der Waals surface area (Å²) in [4.78, 5) is 16.5. The molecule has 2 aliphatic rings. The molecule has 4 nitrogen and oxygen atoms in total. The number of amides is 1. The van der Waals surface area contributed by atoms with Crippen LogP contribution in [0.3, 0.4) is 0 Å². The van der Waals surface area contributed by atoms with Crippen molar-refractivity contribution in [2.75, 3.05) is 33.7 Å². The van der Waals surface area contributed by atoms with Crippen LogP contribution in [0.1, 0.15) is 32.1 Å². The molecule has 0 spiro atoms. The number of likely N-dealkylation sites (N-methyl/N-ethyl adjacent to an activating group) is 1. The predicted octanol–water partition coefficient (Wildman–Crippen LogP) is 0.681. The van der Waals surface area contributed by atoms with E-state index in [4.69, 9.17) is 0 Å². The van der Waals surface area contributed by atoms with E-state index in [1.807, 2.05) is 7.05 Å². The maximum Gasteiger partial charge on any atom is 0.237 e. The van der Waals surface area contributed by atoms with Gasteiger partial charge in [-0.25, -0.2) is 0 Å². The summed E-state index contributed by atoms with van der Waals surface area (Å²) in [5.74, 6) is 0.333. The standard InChI is InChI=1S/C13H25N3O/c1-14-8-7-12-9-16(11-5-3-4-6-11)13(17)10-15(12)2/h11-12,14H,3-10H2,1-2H3. The van der Waals surface area contributed by atoms with Gasteiger partial charge in [-0.3, -0.25) is 9.69 Å². The molecule has 0 radical (unpaired) electrons. The van der Waals surface area contributed by atoms with Crippen LogP contribution in [0.5, 0.6) is 0 Å². The summed E-state index contributed by atoms with van der Waals surface area (Å²) >= 11 is 0. The zero-order chi connectivity index (χ0) is 12.3. The summed E-state index contributed by atoms with van der Waals surface area (Å²) in [5.41, 5.74) is 0. The molecular formula is C13H25N3O. The molecule has 0 aromatic heterocycles. The van der Waals surface area contributed by atoms with E-state index in [2.05, 4.69) is 22.2 Å². The number of rotatable bonds is 4. The quantitative estimate of drug-likeness (QED) is 0.784. The SMILES string of the molecule is CNCCC1CN(C2CCCC2)C(=O)CN1C. The molecule has 1 saturated carbocycles. The summed E-state index contributed by atoms with van der Waals surface area (Å²) in [6, 6.07) is 1.06. The number of piperazine rings is 1. The third kappa shape index (κ3) is 2.99. The van der Waals surface area contributed by atoms with Crippen LogP contribution in [0.2, 0.25) is 0 Å². The van der Waals surface area contributed by atoms with Crippen molar-refractivity contribution < 1.29 is 4.79 Å². The Bertz CT molecular complexity index is 263. The van der Waals surface area contributed by atoms with Crippen LogP contribution >= 0.6 is 0 Å². The Kier molecular flexibility index (Phi) is 4.40. The zero-order valence-electron chi connectivity index (χ0n) is 11.1. The largest absolute Gasteiger partial charge is 0.337 e. The highest BCUT2D eigenvalue weighted by molar-refractivity contribution is 5.79. The zero-order valence-corrected chi connectivity index (χ0v) is 11.1. The number of hydrogen-bond acceptors (Lipinski definition) is 3. The number of hydrogen-bond donors (Lipinski definition) is 1. The maximum absolute atomic E-state index is 12.1. The van der Waals surface area contributed by atoms with Crippen LogP contribution in [0.15, 0.2) is 0 Å². The third-order valence-electron chi connectivity index (χ3n) is 4.23. The molecular weight excluding hydrogens is 214 g/mol. The van der Waals surface area contributed by atoms with Gasteiger partial charge < -0.3 is 10.2 Å². The van der Waals surface area contributed by atoms with Gasteiger partial charge in [0.25, 0.3) is 0 Å². The first-order chi connectivity index (χ1) is 8.22. The minimum Gasteiger partial charge on any atom is -0.337 e. The fourth-order valence-electron chi connectivity index (χ4n) is 3.09. The van der Waals surface area contributed by atoms with Crippen molar-refractivity contribution in [1.29, 1.82) is 0 Å². The summed E-state index contributed by atoms with van der Waals surface area (Å²) in [6.45, 7) is 2.56. The molecule has 1 heterocycles. The second-order valence-electron chi connectivity index (χ2n) is 5.45. The molecule has 4 heteroatoms. The normalized spacial score (nSPS) is 28.0. The van der Waals surface area contributed by atoms with Gasteiger partial charge in [-0.05, 0) is 39.9 Å². The average Bonchev–Trinajstić information content (AvgIpc) is 2.81. The fraction of sp³-hybridized carbons (Fsp3) is 0.923. The molecule has 17 heavy (non-hydrogen) atoms. The Hall–Kier alpha value is -0.610. The highest BCUT2D eigenvalue weighted by atomic mass is 16.2. The molecule has 2 fully saturated rings. The molecule has 0 bridgehead atoms. The topological polar surface area (TPSA) is 35.6 Å². The lowest BCUT2D eigenvalue weighted by Crippen LogP contribution is -2.57. The summed E-state index contributed by atoms with van der Waals surface area (Å²) < 4.78 is 0. The monoisotopic (exact) mass is 239 g/mol. The molecule has 0 aromatic rings. The van der Waals surface area contributed by atoms with Gasteiger partial charge in [0.15, 0.2) is 0 Å². The Labute approximate surface area is 104 Å². The lowest BCUT2D eigenvalue weighted by atomic mass is 10.1. The van der Waals surface area contributed by atoms with Gasteiger partial charge in [-0.1, -0.05) is 12.8 Å². The smallest absolute Gasteiger partial charge is 0.237 e. The molecule has 1 aliphatic carbocycles. The Morgan fingerprint density at radius 1 is 1.35 bits per heavy atom. The van der Waals surface area contributed by atoms with Crippen molar-refractivity contribution in [3.8, 4) is 0 Å². The molecule has 1 saturated heterocycles. The minimum absolute atomic E-state index is 0.333. The van der Waals surface area contributed by atoms with E-state index in [1.165, 1.54) is 25.7 Å². The molecule has 0 aromatic carbocycles. The molecule has 98 valence electrons. The Morgan fingerprint density at radius 2 is 2.06 bits per heavy atom. The molecule has 1 atom stereocenters. The molecule has 1 aliphatic heterocycles. The molecule has 2 rings (SSSR count). The van der Waals surface area contributed by atoms with Crippen molar-refractivity contribution >= 4 is 5.91 Å². The van der Waals surface area contributed by atoms with Crippen LogP contribution in [-0.4, -0.2) is 61.5 Å². The van der Waals surface area contributed by atoms with E-state index in [0.717, 1.165) is 19.5 Å². The molecule has 1 unspecified atom stereocenters. The number of nitrogens with zero attached hydrogens (tertiary/aromatic N) is 2. The van der Waals surface area contributed by atoms with Gasteiger partial charge in [0.1, 0.15) is 0 Å². The first-order valence-electron chi connectivity index (χ1n) is 6.86. The number of carbonyl (C=O) groups is 1. The third-order valence-corrected chi connectivity index (χ3v) is 4.23. The van der Waals surface area contributed by atoms with Crippen molar-refractivity contribution in [3.05, 3.63) is 0 Å². The summed E-state index contributed by atoms with van der Waals surface area (Å²) in [6.07, 6.45) is 6.16.